The van der Waals surface area contributed by atoms with E-state index in [1.165, 1.54) is 0 Å². The molecule has 0 aromatic heterocycles. The van der Waals surface area contributed by atoms with Gasteiger partial charge in [-0.3, -0.25) is 4.79 Å². The highest BCUT2D eigenvalue weighted by Gasteiger charge is 2.14. The number of phenolic OH excluding ortho intramolecular Hbond substituents is 1. The van der Waals surface area contributed by atoms with Crippen molar-refractivity contribution in [2.75, 3.05) is 5.32 Å². The lowest BCUT2D eigenvalue weighted by Gasteiger charge is -2.20. The topological polar surface area (TPSA) is 49.3 Å². The first-order valence-electron chi connectivity index (χ1n) is 4.49. The lowest BCUT2D eigenvalue weighted by Crippen LogP contribution is -2.11. The molecule has 0 bridgehead atoms. The first kappa shape index (κ1) is 10.6. The van der Waals surface area contributed by atoms with Crippen LogP contribution in [-0.4, -0.2) is 11.5 Å². The second-order valence-corrected chi connectivity index (χ2v) is 4.24. The third-order valence-electron chi connectivity index (χ3n) is 2.08. The summed E-state index contributed by atoms with van der Waals surface area (Å²) in [5.74, 6) is 0.0881. The van der Waals surface area contributed by atoms with Gasteiger partial charge in [-0.25, -0.2) is 0 Å². The van der Waals surface area contributed by atoms with Crippen molar-refractivity contribution in [2.24, 2.45) is 0 Å². The number of aromatic hydroxyl groups is 1. The van der Waals surface area contributed by atoms with Crippen LogP contribution < -0.4 is 5.32 Å². The number of phenols is 1. The van der Waals surface area contributed by atoms with E-state index >= 15 is 0 Å². The van der Waals surface area contributed by atoms with Crippen LogP contribution in [0.4, 0.5) is 5.69 Å². The van der Waals surface area contributed by atoms with Gasteiger partial charge in [-0.05, 0) is 23.1 Å². The van der Waals surface area contributed by atoms with Gasteiger partial charge in [-0.15, -0.1) is 0 Å². The van der Waals surface area contributed by atoms with Gasteiger partial charge in [0.2, 0.25) is 6.41 Å². The lowest BCUT2D eigenvalue weighted by molar-refractivity contribution is -0.105. The molecule has 0 aliphatic heterocycles. The van der Waals surface area contributed by atoms with E-state index in [9.17, 15) is 9.90 Å². The second kappa shape index (κ2) is 3.70. The fourth-order valence-corrected chi connectivity index (χ4v) is 1.18. The Morgan fingerprint density at radius 1 is 1.36 bits per heavy atom. The maximum absolute atomic E-state index is 10.3. The standard InChI is InChI=1S/C11H15NO2/c1-11(2,3)8-4-5-10(14)9(6-8)12-7-13/h4-7,14H,1-3H3,(H,12,13). The molecule has 0 spiro atoms. The summed E-state index contributed by atoms with van der Waals surface area (Å²) in [5, 5.41) is 11.9. The molecule has 0 heterocycles. The molecule has 1 aromatic carbocycles. The van der Waals surface area contributed by atoms with E-state index in [1.807, 2.05) is 6.07 Å². The Hall–Kier alpha value is -1.51. The molecule has 1 aromatic rings. The molecular formula is C11H15NO2. The summed E-state index contributed by atoms with van der Waals surface area (Å²) >= 11 is 0. The molecular weight excluding hydrogens is 178 g/mol. The van der Waals surface area contributed by atoms with Crippen molar-refractivity contribution in [3.05, 3.63) is 23.8 Å². The van der Waals surface area contributed by atoms with E-state index < -0.39 is 0 Å². The molecule has 76 valence electrons. The fraction of sp³-hybridized carbons (Fsp3) is 0.364. The van der Waals surface area contributed by atoms with E-state index in [4.69, 9.17) is 0 Å². The number of hydrogen-bond acceptors (Lipinski definition) is 2. The molecule has 3 nitrogen and oxygen atoms in total. The van der Waals surface area contributed by atoms with Gasteiger partial charge in [0.1, 0.15) is 5.75 Å². The predicted molar refractivity (Wildman–Crippen MR) is 56.5 cm³/mol. The number of anilines is 1. The summed E-state index contributed by atoms with van der Waals surface area (Å²) < 4.78 is 0. The van der Waals surface area contributed by atoms with E-state index in [2.05, 4.69) is 26.1 Å². The van der Waals surface area contributed by atoms with Crippen molar-refractivity contribution in [2.45, 2.75) is 26.2 Å². The maximum Gasteiger partial charge on any atom is 0.211 e. The molecule has 0 radical (unpaired) electrons. The van der Waals surface area contributed by atoms with Crippen molar-refractivity contribution in [3.63, 3.8) is 0 Å². The van der Waals surface area contributed by atoms with Gasteiger partial charge in [0.15, 0.2) is 0 Å². The summed E-state index contributed by atoms with van der Waals surface area (Å²) in [7, 11) is 0. The van der Waals surface area contributed by atoms with E-state index in [0.29, 0.717) is 12.1 Å². The average molecular weight is 193 g/mol. The van der Waals surface area contributed by atoms with E-state index in [-0.39, 0.29) is 11.2 Å². The highest BCUT2D eigenvalue weighted by Crippen LogP contribution is 2.30. The number of carbonyl (C=O) groups is 1. The summed E-state index contributed by atoms with van der Waals surface area (Å²) in [5.41, 5.74) is 1.53. The Morgan fingerprint density at radius 3 is 2.50 bits per heavy atom. The third kappa shape index (κ3) is 2.25. The highest BCUT2D eigenvalue weighted by molar-refractivity contribution is 5.75. The van der Waals surface area contributed by atoms with Crippen LogP contribution in [0.25, 0.3) is 0 Å². The number of hydrogen-bond donors (Lipinski definition) is 2. The molecule has 1 amide bonds. The molecule has 2 N–H and O–H groups in total. The van der Waals surface area contributed by atoms with Gasteiger partial charge >= 0.3 is 0 Å². The number of carbonyl (C=O) groups excluding carboxylic acids is 1. The molecule has 14 heavy (non-hydrogen) atoms. The van der Waals surface area contributed by atoms with Crippen LogP contribution in [0, 0.1) is 0 Å². The van der Waals surface area contributed by atoms with Gasteiger partial charge in [0.25, 0.3) is 0 Å². The summed E-state index contributed by atoms with van der Waals surface area (Å²) in [6, 6.07) is 5.22. The van der Waals surface area contributed by atoms with Crippen molar-refractivity contribution >= 4 is 12.1 Å². The molecule has 0 fully saturated rings. The lowest BCUT2D eigenvalue weighted by atomic mass is 9.87. The normalized spacial score (nSPS) is 11.1. The Kier molecular flexibility index (Phi) is 2.79. The SMILES string of the molecule is CC(C)(C)c1ccc(O)c(NC=O)c1. The van der Waals surface area contributed by atoms with Crippen molar-refractivity contribution < 1.29 is 9.90 Å². The molecule has 1 rings (SSSR count). The van der Waals surface area contributed by atoms with E-state index in [0.717, 1.165) is 5.56 Å². The van der Waals surface area contributed by atoms with Crippen LogP contribution in [0.5, 0.6) is 5.75 Å². The zero-order valence-corrected chi connectivity index (χ0v) is 8.66. The minimum Gasteiger partial charge on any atom is -0.506 e. The molecule has 0 atom stereocenters. The van der Waals surface area contributed by atoms with Crippen LogP contribution in [-0.2, 0) is 10.2 Å². The fourth-order valence-electron chi connectivity index (χ4n) is 1.18. The number of rotatable bonds is 2. The van der Waals surface area contributed by atoms with Gasteiger partial charge < -0.3 is 10.4 Å². The quantitative estimate of drug-likeness (QED) is 0.559. The minimum atomic E-state index is 0.00696. The van der Waals surface area contributed by atoms with Gasteiger partial charge in [-0.2, -0.15) is 0 Å². The molecule has 0 saturated heterocycles. The Morgan fingerprint density at radius 2 is 2.00 bits per heavy atom. The summed E-state index contributed by atoms with van der Waals surface area (Å²) in [6.07, 6.45) is 0.557. The monoisotopic (exact) mass is 193 g/mol. The van der Waals surface area contributed by atoms with Gasteiger partial charge in [0.05, 0.1) is 5.69 Å². The van der Waals surface area contributed by atoms with Crippen LogP contribution >= 0.6 is 0 Å². The molecule has 3 heteroatoms. The zero-order chi connectivity index (χ0) is 10.8. The first-order valence-corrected chi connectivity index (χ1v) is 4.49. The second-order valence-electron chi connectivity index (χ2n) is 4.24. The van der Waals surface area contributed by atoms with Gasteiger partial charge in [-0.1, -0.05) is 26.8 Å². The van der Waals surface area contributed by atoms with Crippen molar-refractivity contribution in [1.29, 1.82) is 0 Å². The number of benzene rings is 1. The molecule has 0 unspecified atom stereocenters. The molecule has 0 saturated carbocycles. The predicted octanol–water partition coefficient (Wildman–Crippen LogP) is 2.26. The van der Waals surface area contributed by atoms with Crippen molar-refractivity contribution in [1.82, 2.24) is 0 Å². The highest BCUT2D eigenvalue weighted by atomic mass is 16.3. The van der Waals surface area contributed by atoms with Crippen molar-refractivity contribution in [3.8, 4) is 5.75 Å². The maximum atomic E-state index is 10.3. The molecule has 0 aliphatic carbocycles. The Balaban J connectivity index is 3.12. The van der Waals surface area contributed by atoms with Crippen LogP contribution in [0.15, 0.2) is 18.2 Å². The number of nitrogens with one attached hydrogen (secondary N) is 1. The van der Waals surface area contributed by atoms with Gasteiger partial charge in [0, 0.05) is 0 Å². The number of amides is 1. The Labute approximate surface area is 83.8 Å². The van der Waals surface area contributed by atoms with Crippen LogP contribution in [0.1, 0.15) is 26.3 Å². The van der Waals surface area contributed by atoms with Crippen LogP contribution in [0.2, 0.25) is 0 Å². The largest absolute Gasteiger partial charge is 0.506 e. The zero-order valence-electron chi connectivity index (χ0n) is 8.66. The van der Waals surface area contributed by atoms with E-state index in [1.54, 1.807) is 12.1 Å². The minimum absolute atomic E-state index is 0.00696. The summed E-state index contributed by atoms with van der Waals surface area (Å²) in [6.45, 7) is 6.22. The summed E-state index contributed by atoms with van der Waals surface area (Å²) in [4.78, 5) is 10.3. The molecule has 0 aliphatic rings. The van der Waals surface area contributed by atoms with Crippen LogP contribution in [0.3, 0.4) is 0 Å². The Bertz CT molecular complexity index is 340. The average Bonchev–Trinajstić information content (AvgIpc) is 2.07. The first-order chi connectivity index (χ1) is 6.45. The smallest absolute Gasteiger partial charge is 0.211 e. The third-order valence-corrected chi connectivity index (χ3v) is 2.08.